The SMILES string of the molecule is CN(CC(=O)N1CCC(O)CC1)CC(F)F. The third-order valence-electron chi connectivity index (χ3n) is 2.67. The zero-order valence-electron chi connectivity index (χ0n) is 9.40. The second-order valence-corrected chi connectivity index (χ2v) is 4.20. The fourth-order valence-electron chi connectivity index (χ4n) is 1.75. The van der Waals surface area contributed by atoms with E-state index < -0.39 is 6.43 Å². The normalized spacial score (nSPS) is 18.5. The summed E-state index contributed by atoms with van der Waals surface area (Å²) in [6.07, 6.45) is -1.60. The molecule has 1 heterocycles. The Balaban J connectivity index is 2.29. The molecule has 4 nitrogen and oxygen atoms in total. The minimum absolute atomic E-state index is 0.0143. The molecule has 0 aliphatic carbocycles. The highest BCUT2D eigenvalue weighted by atomic mass is 19.3. The molecule has 1 saturated heterocycles. The highest BCUT2D eigenvalue weighted by Gasteiger charge is 2.22. The maximum absolute atomic E-state index is 12.0. The molecule has 0 radical (unpaired) electrons. The largest absolute Gasteiger partial charge is 0.393 e. The molecule has 94 valence electrons. The highest BCUT2D eigenvalue weighted by molar-refractivity contribution is 5.78. The molecular formula is C10H18F2N2O2. The molecule has 0 spiro atoms. The summed E-state index contributed by atoms with van der Waals surface area (Å²) in [6.45, 7) is 0.660. The summed E-state index contributed by atoms with van der Waals surface area (Å²) in [5.74, 6) is -0.143. The van der Waals surface area contributed by atoms with Crippen molar-refractivity contribution in [1.82, 2.24) is 9.80 Å². The first-order valence-corrected chi connectivity index (χ1v) is 5.41. The van der Waals surface area contributed by atoms with Gasteiger partial charge in [-0.05, 0) is 19.9 Å². The van der Waals surface area contributed by atoms with Crippen LogP contribution in [0.15, 0.2) is 0 Å². The Morgan fingerprint density at radius 3 is 2.56 bits per heavy atom. The van der Waals surface area contributed by atoms with Crippen LogP contribution < -0.4 is 0 Å². The van der Waals surface area contributed by atoms with Crippen LogP contribution in [0.1, 0.15) is 12.8 Å². The topological polar surface area (TPSA) is 43.8 Å². The number of aliphatic hydroxyl groups is 1. The summed E-state index contributed by atoms with van der Waals surface area (Å²) >= 11 is 0. The number of hydrogen-bond acceptors (Lipinski definition) is 3. The van der Waals surface area contributed by atoms with Gasteiger partial charge in [0.15, 0.2) is 0 Å². The number of likely N-dealkylation sites (tertiary alicyclic amines) is 1. The van der Waals surface area contributed by atoms with Gasteiger partial charge in [-0.25, -0.2) is 8.78 Å². The molecular weight excluding hydrogens is 218 g/mol. The predicted octanol–water partition coefficient (Wildman–Crippen LogP) is 0.167. The minimum atomic E-state index is -2.42. The first kappa shape index (κ1) is 13.3. The molecule has 0 saturated carbocycles. The van der Waals surface area contributed by atoms with Gasteiger partial charge < -0.3 is 10.0 Å². The van der Waals surface area contributed by atoms with E-state index in [0.29, 0.717) is 25.9 Å². The van der Waals surface area contributed by atoms with Crippen molar-refractivity contribution in [1.29, 1.82) is 0 Å². The number of carbonyl (C=O) groups excluding carboxylic acids is 1. The predicted molar refractivity (Wildman–Crippen MR) is 55.3 cm³/mol. The van der Waals surface area contributed by atoms with Gasteiger partial charge in [0.2, 0.25) is 5.91 Å². The molecule has 0 bridgehead atoms. The van der Waals surface area contributed by atoms with E-state index in [1.54, 1.807) is 4.90 Å². The fraction of sp³-hybridized carbons (Fsp3) is 0.900. The lowest BCUT2D eigenvalue weighted by molar-refractivity contribution is -0.134. The van der Waals surface area contributed by atoms with Gasteiger partial charge >= 0.3 is 0 Å². The third kappa shape index (κ3) is 4.40. The van der Waals surface area contributed by atoms with Crippen LogP contribution in [0.3, 0.4) is 0 Å². The van der Waals surface area contributed by atoms with Crippen LogP contribution in [0.25, 0.3) is 0 Å². The first-order valence-electron chi connectivity index (χ1n) is 5.41. The summed E-state index contributed by atoms with van der Waals surface area (Å²) in [5, 5.41) is 9.26. The van der Waals surface area contributed by atoms with E-state index >= 15 is 0 Å². The van der Waals surface area contributed by atoms with E-state index in [4.69, 9.17) is 0 Å². The van der Waals surface area contributed by atoms with Crippen molar-refractivity contribution in [2.24, 2.45) is 0 Å². The summed E-state index contributed by atoms with van der Waals surface area (Å²) in [7, 11) is 1.50. The van der Waals surface area contributed by atoms with Gasteiger partial charge in [-0.1, -0.05) is 0 Å². The number of aliphatic hydroxyl groups excluding tert-OH is 1. The Bertz CT molecular complexity index is 231. The summed E-state index contributed by atoms with van der Waals surface area (Å²) in [5.41, 5.74) is 0. The standard InChI is InChI=1S/C10H18F2N2O2/c1-13(6-9(11)12)7-10(16)14-4-2-8(15)3-5-14/h8-9,15H,2-7H2,1H3. The molecule has 0 aromatic rings. The quantitative estimate of drug-likeness (QED) is 0.756. The first-order chi connectivity index (χ1) is 7.49. The fourth-order valence-corrected chi connectivity index (χ4v) is 1.75. The van der Waals surface area contributed by atoms with Crippen LogP contribution in [-0.4, -0.2) is 66.6 Å². The summed E-state index contributed by atoms with van der Waals surface area (Å²) < 4.78 is 24.1. The molecule has 1 aliphatic rings. The van der Waals surface area contributed by atoms with E-state index in [-0.39, 0.29) is 25.1 Å². The number of halogens is 2. The van der Waals surface area contributed by atoms with E-state index in [0.717, 1.165) is 0 Å². The number of amides is 1. The molecule has 0 aromatic heterocycles. The second-order valence-electron chi connectivity index (χ2n) is 4.20. The smallest absolute Gasteiger partial charge is 0.251 e. The van der Waals surface area contributed by atoms with Gasteiger partial charge in [0.1, 0.15) is 0 Å². The lowest BCUT2D eigenvalue weighted by atomic mass is 10.1. The molecule has 1 rings (SSSR count). The van der Waals surface area contributed by atoms with Gasteiger partial charge in [-0.2, -0.15) is 0 Å². The third-order valence-corrected chi connectivity index (χ3v) is 2.67. The van der Waals surface area contributed by atoms with Crippen molar-refractivity contribution in [3.8, 4) is 0 Å². The molecule has 6 heteroatoms. The maximum Gasteiger partial charge on any atom is 0.251 e. The Hall–Kier alpha value is -0.750. The Labute approximate surface area is 93.8 Å². The molecule has 0 unspecified atom stereocenters. The number of hydrogen-bond donors (Lipinski definition) is 1. The minimum Gasteiger partial charge on any atom is -0.393 e. The van der Waals surface area contributed by atoms with Crippen molar-refractivity contribution in [2.75, 3.05) is 33.2 Å². The molecule has 0 aromatic carbocycles. The summed E-state index contributed by atoms with van der Waals surface area (Å²) in [4.78, 5) is 14.6. The van der Waals surface area contributed by atoms with Crippen LogP contribution in [0, 0.1) is 0 Å². The molecule has 1 aliphatic heterocycles. The molecule has 16 heavy (non-hydrogen) atoms. The second kappa shape index (κ2) is 6.10. The van der Waals surface area contributed by atoms with Crippen LogP contribution in [0.4, 0.5) is 8.78 Å². The Morgan fingerprint density at radius 2 is 2.06 bits per heavy atom. The van der Waals surface area contributed by atoms with Crippen molar-refractivity contribution >= 4 is 5.91 Å². The van der Waals surface area contributed by atoms with Crippen molar-refractivity contribution < 1.29 is 18.7 Å². The number of rotatable bonds is 4. The van der Waals surface area contributed by atoms with Gasteiger partial charge in [-0.3, -0.25) is 9.69 Å². The van der Waals surface area contributed by atoms with Gasteiger partial charge in [0.25, 0.3) is 6.43 Å². The van der Waals surface area contributed by atoms with Gasteiger partial charge in [-0.15, -0.1) is 0 Å². The van der Waals surface area contributed by atoms with Gasteiger partial charge in [0.05, 0.1) is 19.2 Å². The van der Waals surface area contributed by atoms with Crippen LogP contribution in [0.2, 0.25) is 0 Å². The number of likely N-dealkylation sites (N-methyl/N-ethyl adjacent to an activating group) is 1. The average Bonchev–Trinajstić information content (AvgIpc) is 2.16. The average molecular weight is 236 g/mol. The van der Waals surface area contributed by atoms with Crippen molar-refractivity contribution in [2.45, 2.75) is 25.4 Å². The molecule has 1 N–H and O–H groups in total. The lowest BCUT2D eigenvalue weighted by Crippen LogP contribution is -2.45. The Kier molecular flexibility index (Phi) is 5.08. The maximum atomic E-state index is 12.0. The number of carbonyl (C=O) groups is 1. The number of alkyl halides is 2. The number of nitrogens with zero attached hydrogens (tertiary/aromatic N) is 2. The van der Waals surface area contributed by atoms with Crippen LogP contribution in [-0.2, 0) is 4.79 Å². The lowest BCUT2D eigenvalue weighted by Gasteiger charge is -2.30. The summed E-state index contributed by atoms with van der Waals surface area (Å²) in [6, 6.07) is 0. The van der Waals surface area contributed by atoms with Crippen molar-refractivity contribution in [3.63, 3.8) is 0 Å². The molecule has 0 atom stereocenters. The van der Waals surface area contributed by atoms with Gasteiger partial charge in [0, 0.05) is 13.1 Å². The monoisotopic (exact) mass is 236 g/mol. The number of piperidine rings is 1. The van der Waals surface area contributed by atoms with E-state index in [1.807, 2.05) is 0 Å². The molecule has 1 fully saturated rings. The van der Waals surface area contributed by atoms with E-state index in [1.165, 1.54) is 11.9 Å². The van der Waals surface area contributed by atoms with Crippen molar-refractivity contribution in [3.05, 3.63) is 0 Å². The zero-order valence-corrected chi connectivity index (χ0v) is 9.40. The van der Waals surface area contributed by atoms with E-state index in [9.17, 15) is 18.7 Å². The van der Waals surface area contributed by atoms with Crippen LogP contribution in [0.5, 0.6) is 0 Å². The molecule has 1 amide bonds. The Morgan fingerprint density at radius 1 is 1.50 bits per heavy atom. The van der Waals surface area contributed by atoms with E-state index in [2.05, 4.69) is 0 Å². The highest BCUT2D eigenvalue weighted by Crippen LogP contribution is 2.10. The van der Waals surface area contributed by atoms with Crippen LogP contribution >= 0.6 is 0 Å². The zero-order chi connectivity index (χ0) is 12.1.